The Morgan fingerprint density at radius 3 is 2.32 bits per heavy atom. The Bertz CT molecular complexity index is 2090. The molecule has 1 aliphatic heterocycles. The van der Waals surface area contributed by atoms with E-state index < -0.39 is 0 Å². The summed E-state index contributed by atoms with van der Waals surface area (Å²) in [6.45, 7) is 4.74. The van der Waals surface area contributed by atoms with Gasteiger partial charge in [0, 0.05) is 46.2 Å². The van der Waals surface area contributed by atoms with Crippen LogP contribution in [0.4, 0.5) is 5.69 Å². The average Bonchev–Trinajstić information content (AvgIpc) is 3.60. The molecule has 0 saturated heterocycles. The monoisotopic (exact) mass is 609 g/mol. The summed E-state index contributed by atoms with van der Waals surface area (Å²) in [4.78, 5) is 2.64. The molecule has 3 aromatic rings. The van der Waals surface area contributed by atoms with Crippen molar-refractivity contribution in [3.8, 4) is 16.9 Å². The molecule has 2 heteroatoms. The quantitative estimate of drug-likeness (QED) is 0.293. The van der Waals surface area contributed by atoms with E-state index in [4.69, 9.17) is 4.74 Å². The molecule has 0 fully saturated rings. The first-order valence-corrected chi connectivity index (χ1v) is 17.4. The second-order valence-corrected chi connectivity index (χ2v) is 14.7. The van der Waals surface area contributed by atoms with Gasteiger partial charge in [-0.1, -0.05) is 135 Å². The van der Waals surface area contributed by atoms with Gasteiger partial charge in [0.05, 0.1) is 6.04 Å². The van der Waals surface area contributed by atoms with Crippen molar-refractivity contribution in [2.24, 2.45) is 23.7 Å². The highest BCUT2D eigenvalue weighted by atomic mass is 16.5. The number of ether oxygens (including phenoxy) is 1. The van der Waals surface area contributed by atoms with E-state index in [-0.39, 0.29) is 17.6 Å². The van der Waals surface area contributed by atoms with E-state index in [2.05, 4.69) is 158 Å². The number of hydrogen-bond donors (Lipinski definition) is 0. The third kappa shape index (κ3) is 3.97. The van der Waals surface area contributed by atoms with Gasteiger partial charge in [-0.15, -0.1) is 0 Å². The van der Waals surface area contributed by atoms with Crippen molar-refractivity contribution in [3.05, 3.63) is 173 Å². The molecule has 47 heavy (non-hydrogen) atoms. The summed E-state index contributed by atoms with van der Waals surface area (Å²) >= 11 is 0. The van der Waals surface area contributed by atoms with Crippen molar-refractivity contribution >= 4 is 11.3 Å². The number of allylic oxidation sites excluding steroid dienone is 11. The minimum absolute atomic E-state index is 0.0135. The van der Waals surface area contributed by atoms with E-state index >= 15 is 0 Å². The van der Waals surface area contributed by atoms with Gasteiger partial charge in [-0.3, -0.25) is 0 Å². The fourth-order valence-corrected chi connectivity index (χ4v) is 9.76. The molecule has 230 valence electrons. The van der Waals surface area contributed by atoms with Gasteiger partial charge in [-0.05, 0) is 70.4 Å². The zero-order valence-corrected chi connectivity index (χ0v) is 27.0. The molecule has 0 N–H and O–H groups in total. The number of para-hydroxylation sites is 1. The van der Waals surface area contributed by atoms with Crippen LogP contribution in [0, 0.1) is 23.7 Å². The van der Waals surface area contributed by atoms with Crippen LogP contribution in [-0.2, 0) is 5.41 Å². The first-order valence-electron chi connectivity index (χ1n) is 17.4. The normalized spacial score (nSPS) is 29.4. The van der Waals surface area contributed by atoms with Crippen molar-refractivity contribution in [3.63, 3.8) is 0 Å². The van der Waals surface area contributed by atoms with Crippen molar-refractivity contribution in [2.75, 3.05) is 4.90 Å². The zero-order chi connectivity index (χ0) is 31.3. The summed E-state index contributed by atoms with van der Waals surface area (Å²) in [6.07, 6.45) is 30.7. The molecule has 0 aromatic heterocycles. The highest BCUT2D eigenvalue weighted by Crippen LogP contribution is 2.53. The van der Waals surface area contributed by atoms with Crippen LogP contribution in [0.25, 0.3) is 16.7 Å². The van der Waals surface area contributed by atoms with Crippen LogP contribution in [0.2, 0.25) is 0 Å². The largest absolute Gasteiger partial charge is 0.485 e. The van der Waals surface area contributed by atoms with Crippen LogP contribution >= 0.6 is 0 Å². The first-order chi connectivity index (χ1) is 23.1. The van der Waals surface area contributed by atoms with Crippen LogP contribution in [0.5, 0.6) is 5.75 Å². The van der Waals surface area contributed by atoms with Crippen LogP contribution in [0.3, 0.4) is 0 Å². The van der Waals surface area contributed by atoms with Crippen LogP contribution in [0.1, 0.15) is 43.4 Å². The van der Waals surface area contributed by atoms with Gasteiger partial charge in [0.1, 0.15) is 11.9 Å². The Balaban J connectivity index is 1.10. The van der Waals surface area contributed by atoms with Crippen LogP contribution < -0.4 is 9.64 Å². The van der Waals surface area contributed by atoms with Gasteiger partial charge < -0.3 is 9.64 Å². The maximum Gasteiger partial charge on any atom is 0.128 e. The highest BCUT2D eigenvalue weighted by Gasteiger charge is 2.43. The Morgan fingerprint density at radius 1 is 0.723 bits per heavy atom. The smallest absolute Gasteiger partial charge is 0.128 e. The molecule has 0 saturated carbocycles. The molecule has 6 atom stereocenters. The predicted octanol–water partition coefficient (Wildman–Crippen LogP) is 10.3. The van der Waals surface area contributed by atoms with Gasteiger partial charge in [0.25, 0.3) is 0 Å². The van der Waals surface area contributed by atoms with Gasteiger partial charge in [-0.2, -0.15) is 0 Å². The standard InChI is InChI=1S/C45H39NO/c1-45(2)41-17-9-7-15-36(41)39-26-29(20-23-42(39)45)46(30-21-24-44-40(27-30)37-16-8-10-18-43(37)47-44)28-19-22-35-33-13-4-3-11-31(33)32-12-5-6-14-34(32)38(35)25-28/h3-23,26-28,31-34,44H,24-25H2,1-2H3. The first kappa shape index (κ1) is 27.3. The fourth-order valence-electron chi connectivity index (χ4n) is 9.76. The van der Waals surface area contributed by atoms with Crippen molar-refractivity contribution in [1.29, 1.82) is 0 Å². The van der Waals surface area contributed by atoms with Gasteiger partial charge in [-0.25, -0.2) is 0 Å². The van der Waals surface area contributed by atoms with Crippen LogP contribution in [-0.4, -0.2) is 12.1 Å². The average molecular weight is 610 g/mol. The Labute approximate surface area is 278 Å². The third-order valence-corrected chi connectivity index (χ3v) is 12.0. The summed E-state index contributed by atoms with van der Waals surface area (Å²) in [5.41, 5.74) is 13.8. The van der Waals surface area contributed by atoms with Gasteiger partial charge in [0.2, 0.25) is 0 Å². The molecule has 7 aliphatic rings. The molecule has 1 heterocycles. The molecular weight excluding hydrogens is 571 g/mol. The molecule has 10 rings (SSSR count). The summed E-state index contributed by atoms with van der Waals surface area (Å²) in [5, 5.41) is 0. The van der Waals surface area contributed by atoms with Crippen molar-refractivity contribution in [1.82, 2.24) is 0 Å². The lowest BCUT2D eigenvalue weighted by Gasteiger charge is -2.46. The van der Waals surface area contributed by atoms with E-state index in [1.54, 1.807) is 5.57 Å². The topological polar surface area (TPSA) is 12.5 Å². The second-order valence-electron chi connectivity index (χ2n) is 14.7. The minimum atomic E-state index is -0.0135. The fraction of sp³-hybridized carbons (Fsp3) is 0.244. The van der Waals surface area contributed by atoms with E-state index in [1.165, 1.54) is 50.3 Å². The number of fused-ring (bicyclic) bond motifs is 11. The molecule has 0 spiro atoms. The lowest BCUT2D eigenvalue weighted by atomic mass is 9.59. The van der Waals surface area contributed by atoms with Crippen molar-refractivity contribution in [2.45, 2.75) is 44.2 Å². The number of hydrogen-bond acceptors (Lipinski definition) is 2. The van der Waals surface area contributed by atoms with E-state index in [0.29, 0.717) is 23.7 Å². The highest BCUT2D eigenvalue weighted by molar-refractivity contribution is 5.85. The molecule has 0 bridgehead atoms. The van der Waals surface area contributed by atoms with Crippen molar-refractivity contribution < 1.29 is 4.74 Å². The zero-order valence-electron chi connectivity index (χ0n) is 27.0. The summed E-state index contributed by atoms with van der Waals surface area (Å²) in [5.74, 6) is 2.91. The van der Waals surface area contributed by atoms with Gasteiger partial charge in [0.15, 0.2) is 0 Å². The Kier molecular flexibility index (Phi) is 5.86. The molecule has 6 aliphatic carbocycles. The van der Waals surface area contributed by atoms with E-state index in [9.17, 15) is 0 Å². The van der Waals surface area contributed by atoms with Crippen LogP contribution in [0.15, 0.2) is 156 Å². The Hall–Kier alpha value is -4.82. The van der Waals surface area contributed by atoms with E-state index in [0.717, 1.165) is 18.6 Å². The molecule has 3 aromatic carbocycles. The summed E-state index contributed by atoms with van der Waals surface area (Å²) in [7, 11) is 0. The molecular formula is C45H39NO. The predicted molar refractivity (Wildman–Crippen MR) is 193 cm³/mol. The van der Waals surface area contributed by atoms with E-state index in [1.807, 2.05) is 0 Å². The molecule has 2 nitrogen and oxygen atoms in total. The number of benzene rings is 3. The minimum Gasteiger partial charge on any atom is -0.485 e. The summed E-state index contributed by atoms with van der Waals surface area (Å²) < 4.78 is 6.41. The lowest BCUT2D eigenvalue weighted by Crippen LogP contribution is -2.41. The number of nitrogens with zero attached hydrogens (tertiary/aromatic N) is 1. The third-order valence-electron chi connectivity index (χ3n) is 12.0. The number of anilines is 1. The molecule has 0 amide bonds. The van der Waals surface area contributed by atoms with Gasteiger partial charge >= 0.3 is 0 Å². The molecule has 6 unspecified atom stereocenters. The maximum absolute atomic E-state index is 6.41. The SMILES string of the molecule is CC1(C)c2ccccc2-c2cc(N(C3=CCC4Oc5ccccc5C4=C3)C3C=CC4=C(C3)C3C=CC=CC3C3C=CC=CC43)ccc21. The number of rotatable bonds is 3. The Morgan fingerprint density at radius 2 is 1.45 bits per heavy atom. The lowest BCUT2D eigenvalue weighted by molar-refractivity contribution is 0.278. The maximum atomic E-state index is 6.41. The summed E-state index contributed by atoms with van der Waals surface area (Å²) in [6, 6.07) is 25.0. The molecule has 0 radical (unpaired) electrons. The second kappa shape index (κ2) is 10.1.